The monoisotopic (exact) mass is 220 g/mol. The minimum atomic E-state index is -0.218. The lowest BCUT2D eigenvalue weighted by Gasteiger charge is -2.05. The molecule has 0 atom stereocenters. The van der Waals surface area contributed by atoms with E-state index in [2.05, 4.69) is 10.3 Å². The maximum absolute atomic E-state index is 13.4. The van der Waals surface area contributed by atoms with E-state index >= 15 is 0 Å². The van der Waals surface area contributed by atoms with Crippen LogP contribution in [-0.4, -0.2) is 29.1 Å². The lowest BCUT2D eigenvalue weighted by molar-refractivity contribution is 0.577. The molecule has 0 bridgehead atoms. The van der Waals surface area contributed by atoms with Crippen LogP contribution in [0.2, 0.25) is 0 Å². The van der Waals surface area contributed by atoms with Crippen molar-refractivity contribution in [1.29, 1.82) is 0 Å². The number of hydrogen-bond acceptors (Lipinski definition) is 3. The van der Waals surface area contributed by atoms with Gasteiger partial charge in [-0.3, -0.25) is 0 Å². The van der Waals surface area contributed by atoms with Gasteiger partial charge in [-0.2, -0.15) is 0 Å². The number of aromatic nitrogens is 3. The van der Waals surface area contributed by atoms with Crippen LogP contribution in [0.5, 0.6) is 0 Å². The molecule has 0 aliphatic carbocycles. The van der Waals surface area contributed by atoms with Crippen LogP contribution in [0.1, 0.15) is 5.56 Å². The first-order valence-electron chi connectivity index (χ1n) is 4.97. The molecule has 0 saturated heterocycles. The predicted molar refractivity (Wildman–Crippen MR) is 59.9 cm³/mol. The van der Waals surface area contributed by atoms with E-state index in [1.165, 1.54) is 6.07 Å². The number of halogens is 1. The van der Waals surface area contributed by atoms with E-state index in [9.17, 15) is 4.39 Å². The SMILES string of the molecule is CN(C)c1cn(Cc2ccccc2F)nn1. The largest absolute Gasteiger partial charge is 0.360 e. The smallest absolute Gasteiger partial charge is 0.170 e. The predicted octanol–water partition coefficient (Wildman–Crippen LogP) is 1.53. The highest BCUT2D eigenvalue weighted by atomic mass is 19.1. The molecule has 0 amide bonds. The Bertz CT molecular complexity index is 478. The van der Waals surface area contributed by atoms with Crippen LogP contribution in [0.15, 0.2) is 30.5 Å². The van der Waals surface area contributed by atoms with Crippen molar-refractivity contribution in [1.82, 2.24) is 15.0 Å². The van der Waals surface area contributed by atoms with Crippen LogP contribution in [0.3, 0.4) is 0 Å². The van der Waals surface area contributed by atoms with Crippen molar-refractivity contribution in [3.63, 3.8) is 0 Å². The van der Waals surface area contributed by atoms with Crippen molar-refractivity contribution in [2.45, 2.75) is 6.54 Å². The van der Waals surface area contributed by atoms with Crippen molar-refractivity contribution in [3.8, 4) is 0 Å². The summed E-state index contributed by atoms with van der Waals surface area (Å²) in [7, 11) is 3.77. The molecule has 1 aromatic carbocycles. The van der Waals surface area contributed by atoms with E-state index in [1.807, 2.05) is 25.1 Å². The maximum Gasteiger partial charge on any atom is 0.170 e. The lowest BCUT2D eigenvalue weighted by Crippen LogP contribution is -2.08. The molecule has 0 unspecified atom stereocenters. The van der Waals surface area contributed by atoms with Crippen LogP contribution in [0.25, 0.3) is 0 Å². The second-order valence-electron chi connectivity index (χ2n) is 3.76. The fourth-order valence-electron chi connectivity index (χ4n) is 1.37. The first-order valence-corrected chi connectivity index (χ1v) is 4.97. The minimum Gasteiger partial charge on any atom is -0.360 e. The topological polar surface area (TPSA) is 34.0 Å². The van der Waals surface area contributed by atoms with Gasteiger partial charge in [0.1, 0.15) is 5.82 Å². The summed E-state index contributed by atoms with van der Waals surface area (Å²) < 4.78 is 15.0. The number of hydrogen-bond donors (Lipinski definition) is 0. The Morgan fingerprint density at radius 1 is 1.31 bits per heavy atom. The summed E-state index contributed by atoms with van der Waals surface area (Å²) in [4.78, 5) is 1.85. The van der Waals surface area contributed by atoms with Gasteiger partial charge in [0.25, 0.3) is 0 Å². The Morgan fingerprint density at radius 2 is 2.06 bits per heavy atom. The van der Waals surface area contributed by atoms with Gasteiger partial charge in [-0.1, -0.05) is 23.4 Å². The molecule has 0 saturated carbocycles. The molecule has 16 heavy (non-hydrogen) atoms. The van der Waals surface area contributed by atoms with Crippen molar-refractivity contribution in [3.05, 3.63) is 41.8 Å². The number of benzene rings is 1. The summed E-state index contributed by atoms with van der Waals surface area (Å²) >= 11 is 0. The summed E-state index contributed by atoms with van der Waals surface area (Å²) in [6.07, 6.45) is 1.78. The van der Waals surface area contributed by atoms with Crippen molar-refractivity contribution >= 4 is 5.82 Å². The second-order valence-corrected chi connectivity index (χ2v) is 3.76. The van der Waals surface area contributed by atoms with Gasteiger partial charge in [0.2, 0.25) is 0 Å². The van der Waals surface area contributed by atoms with Gasteiger partial charge in [-0.15, -0.1) is 5.10 Å². The maximum atomic E-state index is 13.4. The van der Waals surface area contributed by atoms with E-state index in [1.54, 1.807) is 23.0 Å². The Labute approximate surface area is 93.3 Å². The molecule has 0 fully saturated rings. The highest BCUT2D eigenvalue weighted by molar-refractivity contribution is 5.31. The standard InChI is InChI=1S/C11H13FN4/c1-15(2)11-8-16(14-13-11)7-9-5-3-4-6-10(9)12/h3-6,8H,7H2,1-2H3. The van der Waals surface area contributed by atoms with Crippen LogP contribution >= 0.6 is 0 Å². The summed E-state index contributed by atoms with van der Waals surface area (Å²) in [5.41, 5.74) is 0.609. The van der Waals surface area contributed by atoms with Gasteiger partial charge in [0.05, 0.1) is 12.7 Å². The summed E-state index contributed by atoms with van der Waals surface area (Å²) in [6, 6.07) is 6.67. The van der Waals surface area contributed by atoms with Gasteiger partial charge in [-0.25, -0.2) is 9.07 Å². The van der Waals surface area contributed by atoms with E-state index in [0.29, 0.717) is 12.1 Å². The molecular formula is C11H13FN4. The van der Waals surface area contributed by atoms with Crippen molar-refractivity contribution in [2.75, 3.05) is 19.0 Å². The number of rotatable bonds is 3. The van der Waals surface area contributed by atoms with E-state index in [-0.39, 0.29) is 5.82 Å². The quantitative estimate of drug-likeness (QED) is 0.786. The molecule has 5 heteroatoms. The summed E-state index contributed by atoms with van der Waals surface area (Å²) in [6.45, 7) is 0.396. The number of nitrogens with zero attached hydrogens (tertiary/aromatic N) is 4. The zero-order chi connectivity index (χ0) is 11.5. The van der Waals surface area contributed by atoms with E-state index < -0.39 is 0 Å². The summed E-state index contributed by atoms with van der Waals surface area (Å²) in [5, 5.41) is 7.89. The third-order valence-electron chi connectivity index (χ3n) is 2.27. The van der Waals surface area contributed by atoms with Gasteiger partial charge in [0, 0.05) is 19.7 Å². The van der Waals surface area contributed by atoms with Gasteiger partial charge < -0.3 is 4.90 Å². The molecule has 2 aromatic rings. The van der Waals surface area contributed by atoms with Gasteiger partial charge in [-0.05, 0) is 6.07 Å². The van der Waals surface area contributed by atoms with E-state index in [4.69, 9.17) is 0 Å². The Balaban J connectivity index is 2.18. The Kier molecular flexibility index (Phi) is 2.85. The van der Waals surface area contributed by atoms with Crippen LogP contribution in [0.4, 0.5) is 10.2 Å². The van der Waals surface area contributed by atoms with E-state index in [0.717, 1.165) is 5.82 Å². The molecule has 0 radical (unpaired) electrons. The highest BCUT2D eigenvalue weighted by Crippen LogP contribution is 2.10. The fraction of sp³-hybridized carbons (Fsp3) is 0.273. The Morgan fingerprint density at radius 3 is 2.69 bits per heavy atom. The normalized spacial score (nSPS) is 10.4. The molecule has 0 N–H and O–H groups in total. The molecule has 2 rings (SSSR count). The first-order chi connectivity index (χ1) is 7.66. The molecule has 0 aliphatic rings. The molecule has 0 spiro atoms. The molecule has 1 heterocycles. The Hall–Kier alpha value is -1.91. The zero-order valence-electron chi connectivity index (χ0n) is 9.26. The fourth-order valence-corrected chi connectivity index (χ4v) is 1.37. The van der Waals surface area contributed by atoms with Crippen molar-refractivity contribution < 1.29 is 4.39 Å². The molecule has 1 aromatic heterocycles. The second kappa shape index (κ2) is 4.30. The minimum absolute atomic E-state index is 0.218. The van der Waals surface area contributed by atoms with Crippen LogP contribution in [-0.2, 0) is 6.54 Å². The van der Waals surface area contributed by atoms with Gasteiger partial charge >= 0.3 is 0 Å². The van der Waals surface area contributed by atoms with Crippen molar-refractivity contribution in [2.24, 2.45) is 0 Å². The van der Waals surface area contributed by atoms with Gasteiger partial charge in [0.15, 0.2) is 5.82 Å². The summed E-state index contributed by atoms with van der Waals surface area (Å²) in [5.74, 6) is 0.542. The first kappa shape index (κ1) is 10.6. The molecule has 0 aliphatic heterocycles. The third-order valence-corrected chi connectivity index (χ3v) is 2.27. The highest BCUT2D eigenvalue weighted by Gasteiger charge is 2.05. The van der Waals surface area contributed by atoms with Crippen LogP contribution < -0.4 is 4.90 Å². The third kappa shape index (κ3) is 2.18. The molecular weight excluding hydrogens is 207 g/mol. The number of anilines is 1. The lowest BCUT2D eigenvalue weighted by atomic mass is 10.2. The average molecular weight is 220 g/mol. The molecule has 84 valence electrons. The molecule has 4 nitrogen and oxygen atoms in total. The zero-order valence-corrected chi connectivity index (χ0v) is 9.26. The average Bonchev–Trinajstić information content (AvgIpc) is 2.70. The van der Waals surface area contributed by atoms with Crippen LogP contribution in [0, 0.1) is 5.82 Å².